The van der Waals surface area contributed by atoms with Crippen LogP contribution < -0.4 is 16.4 Å². The highest BCUT2D eigenvalue weighted by molar-refractivity contribution is 5.73. The number of nitrogens with two attached hydrogens (primary N) is 2. The molecule has 0 spiro atoms. The van der Waals surface area contributed by atoms with E-state index >= 15 is 0 Å². The zero-order valence-electron chi connectivity index (χ0n) is 11.9. The van der Waals surface area contributed by atoms with E-state index in [2.05, 4.69) is 26.8 Å². The van der Waals surface area contributed by atoms with Gasteiger partial charge in [0.05, 0.1) is 19.3 Å². The number of nitrogen functional groups attached to an aromatic ring is 2. The Morgan fingerprint density at radius 2 is 2.10 bits per heavy atom. The number of pyridine rings is 1. The number of nitrogens with zero attached hydrogens (tertiary/aromatic N) is 4. The molecule has 0 bridgehead atoms. The lowest BCUT2D eigenvalue weighted by molar-refractivity contribution is 0.0985. The number of anilines is 3. The SMILES string of the molecule is C[C@@H]1COCCN1c1ccc(-c2cnc(N)nc2N)cn1. The standard InChI is InChI=1S/C14H18N6O/c1-9-8-21-5-4-20(9)12-3-2-10(6-17-12)11-7-18-14(16)19-13(11)15/h2-3,6-7,9H,4-5,8H2,1H3,(H4,15,16,18,19)/t9-/m1/s1. The number of hydrogen-bond donors (Lipinski definition) is 2. The van der Waals surface area contributed by atoms with Gasteiger partial charge in [-0.15, -0.1) is 0 Å². The molecule has 3 heterocycles. The van der Waals surface area contributed by atoms with Crippen LogP contribution in [0, 0.1) is 0 Å². The largest absolute Gasteiger partial charge is 0.383 e. The van der Waals surface area contributed by atoms with E-state index in [1.165, 1.54) is 0 Å². The van der Waals surface area contributed by atoms with Crippen LogP contribution in [0.5, 0.6) is 0 Å². The summed E-state index contributed by atoms with van der Waals surface area (Å²) in [5.41, 5.74) is 13.0. The molecule has 0 aromatic carbocycles. The number of hydrogen-bond acceptors (Lipinski definition) is 7. The predicted octanol–water partition coefficient (Wildman–Crippen LogP) is 0.928. The molecule has 1 saturated heterocycles. The molecule has 7 nitrogen and oxygen atoms in total. The van der Waals surface area contributed by atoms with Crippen LogP contribution in [-0.2, 0) is 4.74 Å². The van der Waals surface area contributed by atoms with E-state index in [1.807, 2.05) is 12.1 Å². The second-order valence-electron chi connectivity index (χ2n) is 5.05. The maximum absolute atomic E-state index is 5.87. The van der Waals surface area contributed by atoms with Crippen molar-refractivity contribution in [2.45, 2.75) is 13.0 Å². The number of aromatic nitrogens is 3. The van der Waals surface area contributed by atoms with Crippen LogP contribution in [0.1, 0.15) is 6.92 Å². The van der Waals surface area contributed by atoms with Gasteiger partial charge in [0.1, 0.15) is 11.6 Å². The first-order chi connectivity index (χ1) is 10.1. The van der Waals surface area contributed by atoms with Crippen LogP contribution in [0.2, 0.25) is 0 Å². The Balaban J connectivity index is 1.86. The number of ether oxygens (including phenoxy) is 1. The van der Waals surface area contributed by atoms with Crippen molar-refractivity contribution in [3.05, 3.63) is 24.5 Å². The Hall–Kier alpha value is -2.41. The highest BCUT2D eigenvalue weighted by Gasteiger charge is 2.20. The molecule has 21 heavy (non-hydrogen) atoms. The summed E-state index contributed by atoms with van der Waals surface area (Å²) >= 11 is 0. The monoisotopic (exact) mass is 286 g/mol. The molecule has 2 aromatic heterocycles. The molecule has 2 aromatic rings. The molecule has 0 amide bonds. The zero-order chi connectivity index (χ0) is 14.8. The third-order valence-corrected chi connectivity index (χ3v) is 3.56. The molecule has 4 N–H and O–H groups in total. The van der Waals surface area contributed by atoms with Crippen molar-refractivity contribution in [3.8, 4) is 11.1 Å². The fraction of sp³-hybridized carbons (Fsp3) is 0.357. The average molecular weight is 286 g/mol. The third-order valence-electron chi connectivity index (χ3n) is 3.56. The summed E-state index contributed by atoms with van der Waals surface area (Å²) in [6.07, 6.45) is 3.40. The van der Waals surface area contributed by atoms with Crippen molar-refractivity contribution >= 4 is 17.6 Å². The van der Waals surface area contributed by atoms with Crippen LogP contribution in [0.25, 0.3) is 11.1 Å². The molecule has 3 rings (SSSR count). The van der Waals surface area contributed by atoms with Crippen LogP contribution in [-0.4, -0.2) is 40.8 Å². The van der Waals surface area contributed by atoms with Gasteiger partial charge in [0.15, 0.2) is 0 Å². The second-order valence-corrected chi connectivity index (χ2v) is 5.05. The maximum atomic E-state index is 5.87. The van der Waals surface area contributed by atoms with Crippen molar-refractivity contribution in [1.29, 1.82) is 0 Å². The van der Waals surface area contributed by atoms with Crippen molar-refractivity contribution in [2.75, 3.05) is 36.1 Å². The fourth-order valence-electron chi connectivity index (χ4n) is 2.41. The number of rotatable bonds is 2. The molecule has 7 heteroatoms. The van der Waals surface area contributed by atoms with Crippen molar-refractivity contribution in [3.63, 3.8) is 0 Å². The maximum Gasteiger partial charge on any atom is 0.221 e. The van der Waals surface area contributed by atoms with E-state index in [1.54, 1.807) is 12.4 Å². The van der Waals surface area contributed by atoms with Crippen LogP contribution >= 0.6 is 0 Å². The normalized spacial score (nSPS) is 18.7. The minimum Gasteiger partial charge on any atom is -0.383 e. The minimum absolute atomic E-state index is 0.169. The molecule has 110 valence electrons. The summed E-state index contributed by atoms with van der Waals surface area (Å²) in [5, 5.41) is 0. The first-order valence-corrected chi connectivity index (χ1v) is 6.84. The van der Waals surface area contributed by atoms with Gasteiger partial charge in [-0.2, -0.15) is 4.98 Å². The molecular formula is C14H18N6O. The van der Waals surface area contributed by atoms with Gasteiger partial charge in [-0.1, -0.05) is 0 Å². The van der Waals surface area contributed by atoms with E-state index in [0.29, 0.717) is 11.9 Å². The topological polar surface area (TPSA) is 103 Å². The Labute approximate surface area is 123 Å². The summed E-state index contributed by atoms with van der Waals surface area (Å²) in [7, 11) is 0. The quantitative estimate of drug-likeness (QED) is 0.846. The molecule has 0 unspecified atom stereocenters. The van der Waals surface area contributed by atoms with Crippen molar-refractivity contribution in [1.82, 2.24) is 15.0 Å². The van der Waals surface area contributed by atoms with E-state index in [9.17, 15) is 0 Å². The molecule has 0 radical (unpaired) electrons. The van der Waals surface area contributed by atoms with Crippen molar-refractivity contribution in [2.24, 2.45) is 0 Å². The molecule has 0 aliphatic carbocycles. The molecular weight excluding hydrogens is 268 g/mol. The predicted molar refractivity (Wildman–Crippen MR) is 81.7 cm³/mol. The summed E-state index contributed by atoms with van der Waals surface area (Å²) in [6, 6.07) is 4.27. The van der Waals surface area contributed by atoms with Crippen LogP contribution in [0.3, 0.4) is 0 Å². The Morgan fingerprint density at radius 3 is 2.76 bits per heavy atom. The first kappa shape index (κ1) is 13.6. The van der Waals surface area contributed by atoms with E-state index < -0.39 is 0 Å². The Kier molecular flexibility index (Phi) is 3.57. The lowest BCUT2D eigenvalue weighted by atomic mass is 10.1. The smallest absolute Gasteiger partial charge is 0.221 e. The van der Waals surface area contributed by atoms with E-state index in [4.69, 9.17) is 16.2 Å². The van der Waals surface area contributed by atoms with Gasteiger partial charge in [-0.3, -0.25) is 0 Å². The summed E-state index contributed by atoms with van der Waals surface area (Å²) in [5.74, 6) is 1.46. The van der Waals surface area contributed by atoms with Gasteiger partial charge >= 0.3 is 0 Å². The minimum atomic E-state index is 0.169. The van der Waals surface area contributed by atoms with E-state index in [0.717, 1.165) is 36.7 Å². The van der Waals surface area contributed by atoms with E-state index in [-0.39, 0.29) is 5.95 Å². The highest BCUT2D eigenvalue weighted by Crippen LogP contribution is 2.25. The second kappa shape index (κ2) is 5.53. The molecule has 1 aliphatic heterocycles. The average Bonchev–Trinajstić information content (AvgIpc) is 2.48. The first-order valence-electron chi connectivity index (χ1n) is 6.84. The van der Waals surface area contributed by atoms with Crippen LogP contribution in [0.15, 0.2) is 24.5 Å². The van der Waals surface area contributed by atoms with Gasteiger partial charge in [0.2, 0.25) is 5.95 Å². The van der Waals surface area contributed by atoms with Gasteiger partial charge in [0.25, 0.3) is 0 Å². The Morgan fingerprint density at radius 1 is 1.24 bits per heavy atom. The molecule has 1 fully saturated rings. The van der Waals surface area contributed by atoms with Gasteiger partial charge < -0.3 is 21.1 Å². The van der Waals surface area contributed by atoms with Crippen LogP contribution in [0.4, 0.5) is 17.6 Å². The van der Waals surface area contributed by atoms with Gasteiger partial charge in [-0.05, 0) is 19.1 Å². The number of morpholine rings is 1. The Bertz CT molecular complexity index is 630. The summed E-state index contributed by atoms with van der Waals surface area (Å²) in [6.45, 7) is 4.43. The highest BCUT2D eigenvalue weighted by atomic mass is 16.5. The lowest BCUT2D eigenvalue weighted by Crippen LogP contribution is -2.44. The molecule has 1 atom stereocenters. The lowest BCUT2D eigenvalue weighted by Gasteiger charge is -2.34. The zero-order valence-corrected chi connectivity index (χ0v) is 11.9. The summed E-state index contributed by atoms with van der Waals surface area (Å²) in [4.78, 5) is 14.7. The molecule has 1 aliphatic rings. The summed E-state index contributed by atoms with van der Waals surface area (Å²) < 4.78 is 5.44. The van der Waals surface area contributed by atoms with Crippen molar-refractivity contribution < 1.29 is 4.74 Å². The molecule has 0 saturated carbocycles. The van der Waals surface area contributed by atoms with Gasteiger partial charge in [0, 0.05) is 30.1 Å². The fourth-order valence-corrected chi connectivity index (χ4v) is 2.41. The van der Waals surface area contributed by atoms with Gasteiger partial charge in [-0.25, -0.2) is 9.97 Å². The third kappa shape index (κ3) is 2.73.